The number of alkyl halides is 1. The largest absolute Gasteiger partial charge is 0.455 e. The normalized spacial score (nSPS) is 13.3. The van der Waals surface area contributed by atoms with Gasteiger partial charge < -0.3 is 9.73 Å². The third-order valence-electron chi connectivity index (χ3n) is 5.81. The molecule has 0 aliphatic heterocycles. The van der Waals surface area contributed by atoms with Crippen LogP contribution in [0.5, 0.6) is 0 Å². The van der Waals surface area contributed by atoms with Gasteiger partial charge in [0.2, 0.25) is 10.0 Å². The first-order chi connectivity index (χ1) is 17.7. The zero-order chi connectivity index (χ0) is 27.9. The molecule has 0 aliphatic rings. The highest BCUT2D eigenvalue weighted by molar-refractivity contribution is 7.89. The highest BCUT2D eigenvalue weighted by atomic mass is 35.5. The topological polar surface area (TPSA) is 136 Å². The number of sulfonamides is 1. The molecule has 4 rings (SSSR count). The first-order valence-electron chi connectivity index (χ1n) is 11.5. The number of aryl methyl sites for hydroxylation is 1. The Kier molecular flexibility index (Phi) is 7.31. The van der Waals surface area contributed by atoms with Crippen LogP contribution in [-0.2, 0) is 10.0 Å². The summed E-state index contributed by atoms with van der Waals surface area (Å²) in [6.07, 6.45) is 2.38. The maximum atomic E-state index is 13.7. The average molecular weight is 562 g/mol. The molecular weight excluding hydrogens is 537 g/mol. The highest BCUT2D eigenvalue weighted by Gasteiger charge is 2.23. The van der Waals surface area contributed by atoms with E-state index in [-0.39, 0.29) is 27.7 Å². The second-order valence-corrected chi connectivity index (χ2v) is 11.1. The van der Waals surface area contributed by atoms with Gasteiger partial charge in [-0.15, -0.1) is 0 Å². The Morgan fingerprint density at radius 1 is 1.21 bits per heavy atom. The van der Waals surface area contributed by atoms with Crippen molar-refractivity contribution in [2.75, 3.05) is 11.6 Å². The molecule has 2 N–H and O–H groups in total. The summed E-state index contributed by atoms with van der Waals surface area (Å²) >= 11 is 5.97. The van der Waals surface area contributed by atoms with Crippen molar-refractivity contribution in [2.45, 2.75) is 40.0 Å². The van der Waals surface area contributed by atoms with E-state index in [4.69, 9.17) is 16.0 Å². The number of anilines is 1. The molecule has 10 nitrogen and oxygen atoms in total. The number of carbonyl (C=O) groups excluding carboxylic acids is 1. The van der Waals surface area contributed by atoms with Gasteiger partial charge >= 0.3 is 0 Å². The van der Waals surface area contributed by atoms with Crippen LogP contribution in [0.2, 0.25) is 5.15 Å². The van der Waals surface area contributed by atoms with Crippen LogP contribution >= 0.6 is 11.6 Å². The number of pyridine rings is 1. The molecule has 2 atom stereocenters. The van der Waals surface area contributed by atoms with Crippen molar-refractivity contribution in [3.63, 3.8) is 0 Å². The number of amides is 1. The van der Waals surface area contributed by atoms with Crippen LogP contribution in [0.3, 0.4) is 0 Å². The lowest BCUT2D eigenvalue weighted by molar-refractivity contribution is 0.0977. The van der Waals surface area contributed by atoms with Crippen LogP contribution < -0.4 is 15.5 Å². The number of aromatic nitrogens is 3. The predicted molar refractivity (Wildman–Crippen MR) is 143 cm³/mol. The monoisotopic (exact) mass is 561 g/mol. The molecule has 1 unspecified atom stereocenters. The van der Waals surface area contributed by atoms with E-state index < -0.39 is 28.3 Å². The molecule has 0 aliphatic carbocycles. The molecule has 3 heterocycles. The van der Waals surface area contributed by atoms with Gasteiger partial charge in [0.05, 0.1) is 35.1 Å². The molecule has 0 saturated carbocycles. The average Bonchev–Trinajstić information content (AvgIpc) is 3.31. The van der Waals surface area contributed by atoms with Gasteiger partial charge in [-0.3, -0.25) is 9.59 Å². The molecular formula is C25H25ClFN5O5S. The third-order valence-corrected chi connectivity index (χ3v) is 6.58. The van der Waals surface area contributed by atoms with Gasteiger partial charge in [0.15, 0.2) is 17.4 Å². The second kappa shape index (κ2) is 10.2. The van der Waals surface area contributed by atoms with E-state index in [0.29, 0.717) is 27.7 Å². The molecule has 0 bridgehead atoms. The number of nitrogens with zero attached hydrogens (tertiary/aromatic N) is 3. The summed E-state index contributed by atoms with van der Waals surface area (Å²) in [6.45, 7) is 6.58. The first kappa shape index (κ1) is 27.3. The summed E-state index contributed by atoms with van der Waals surface area (Å²) in [6, 6.07) is 5.95. The molecule has 1 aromatic carbocycles. The van der Waals surface area contributed by atoms with Gasteiger partial charge in [0.1, 0.15) is 16.5 Å². The van der Waals surface area contributed by atoms with E-state index in [2.05, 4.69) is 15.4 Å². The summed E-state index contributed by atoms with van der Waals surface area (Å²) < 4.78 is 46.2. The van der Waals surface area contributed by atoms with E-state index >= 15 is 0 Å². The number of hydrogen-bond donors (Lipinski definition) is 2. The molecule has 0 saturated heterocycles. The highest BCUT2D eigenvalue weighted by Crippen LogP contribution is 2.33. The van der Waals surface area contributed by atoms with Crippen molar-refractivity contribution in [2.24, 2.45) is 0 Å². The van der Waals surface area contributed by atoms with Crippen LogP contribution in [0, 0.1) is 13.8 Å². The minimum Gasteiger partial charge on any atom is -0.455 e. The van der Waals surface area contributed by atoms with Gasteiger partial charge in [-0.1, -0.05) is 17.7 Å². The van der Waals surface area contributed by atoms with Crippen LogP contribution in [0.4, 0.5) is 10.1 Å². The van der Waals surface area contributed by atoms with Gasteiger partial charge in [0, 0.05) is 17.3 Å². The van der Waals surface area contributed by atoms with E-state index in [1.165, 1.54) is 31.5 Å². The van der Waals surface area contributed by atoms with Gasteiger partial charge in [-0.2, -0.15) is 5.10 Å². The van der Waals surface area contributed by atoms with Gasteiger partial charge in [0.25, 0.3) is 5.91 Å². The minimum absolute atomic E-state index is 0.00267. The van der Waals surface area contributed by atoms with Gasteiger partial charge in [-0.05, 0) is 51.5 Å². The van der Waals surface area contributed by atoms with E-state index in [1.54, 1.807) is 19.9 Å². The van der Waals surface area contributed by atoms with Crippen molar-refractivity contribution < 1.29 is 22.0 Å². The quantitative estimate of drug-likeness (QED) is 0.311. The van der Waals surface area contributed by atoms with Crippen LogP contribution in [-0.4, -0.2) is 35.3 Å². The Bertz CT molecular complexity index is 1730. The lowest BCUT2D eigenvalue weighted by Gasteiger charge is -2.20. The van der Waals surface area contributed by atoms with E-state index in [0.717, 1.165) is 16.5 Å². The van der Waals surface area contributed by atoms with E-state index in [1.807, 2.05) is 17.7 Å². The minimum atomic E-state index is -3.85. The maximum absolute atomic E-state index is 13.7. The lowest BCUT2D eigenvalue weighted by atomic mass is 9.99. The molecule has 0 fully saturated rings. The number of nitrogens with one attached hydrogen (secondary N) is 2. The standard InChI is InChI=1S/C25H25ClFN5O5S/c1-12-8-17(14(3)29-19-6-7-20(26)30-21(19)25(34)31-38(5,35)36)24-18(9-12)22(33)13(2)23(37-24)16-10-28-32(11-16)15(4)27/h6-11,14-15,29H,1-5H3,(H,31,34)/t14-,15?/m1/s1. The molecule has 200 valence electrons. The maximum Gasteiger partial charge on any atom is 0.285 e. The van der Waals surface area contributed by atoms with Crippen molar-refractivity contribution >= 4 is 44.2 Å². The fraction of sp³-hybridized carbons (Fsp3) is 0.280. The van der Waals surface area contributed by atoms with Crippen LogP contribution in [0.1, 0.15) is 53.4 Å². The number of fused-ring (bicyclic) bond motifs is 1. The summed E-state index contributed by atoms with van der Waals surface area (Å²) in [7, 11) is -3.85. The molecule has 3 aromatic heterocycles. The Balaban J connectivity index is 1.83. The van der Waals surface area contributed by atoms with Crippen molar-refractivity contribution in [1.29, 1.82) is 0 Å². The van der Waals surface area contributed by atoms with Crippen LogP contribution in [0.15, 0.2) is 45.9 Å². The van der Waals surface area contributed by atoms with Crippen molar-refractivity contribution in [3.8, 4) is 11.3 Å². The van der Waals surface area contributed by atoms with Crippen molar-refractivity contribution in [3.05, 3.63) is 74.4 Å². The Hall–Kier alpha value is -3.77. The molecule has 4 aromatic rings. The van der Waals surface area contributed by atoms with Crippen molar-refractivity contribution in [1.82, 2.24) is 19.5 Å². The Morgan fingerprint density at radius 2 is 1.92 bits per heavy atom. The van der Waals surface area contributed by atoms with Gasteiger partial charge in [-0.25, -0.2) is 27.2 Å². The zero-order valence-corrected chi connectivity index (χ0v) is 22.7. The molecule has 13 heteroatoms. The smallest absolute Gasteiger partial charge is 0.285 e. The van der Waals surface area contributed by atoms with Crippen LogP contribution in [0.25, 0.3) is 22.3 Å². The number of hydrogen-bond acceptors (Lipinski definition) is 8. The fourth-order valence-corrected chi connectivity index (χ4v) is 4.65. The zero-order valence-electron chi connectivity index (χ0n) is 21.2. The molecule has 38 heavy (non-hydrogen) atoms. The number of halogens is 2. The third kappa shape index (κ3) is 5.55. The molecule has 0 radical (unpaired) electrons. The lowest BCUT2D eigenvalue weighted by Crippen LogP contribution is -2.31. The predicted octanol–water partition coefficient (Wildman–Crippen LogP) is 4.67. The summed E-state index contributed by atoms with van der Waals surface area (Å²) in [5.74, 6) is -0.699. The molecule has 1 amide bonds. The Labute approximate surface area is 222 Å². The molecule has 0 spiro atoms. The summed E-state index contributed by atoms with van der Waals surface area (Å²) in [4.78, 5) is 29.9. The fourth-order valence-electron chi connectivity index (χ4n) is 4.07. The SMILES string of the molecule is Cc1cc([C@@H](C)Nc2ccc(Cl)nc2C(=O)NS(C)(=O)=O)c2oc(-c3cnn(C(C)F)c3)c(C)c(=O)c2c1. The number of carbonyl (C=O) groups is 1. The summed E-state index contributed by atoms with van der Waals surface area (Å²) in [5.41, 5.74) is 2.22. The Morgan fingerprint density at radius 3 is 2.55 bits per heavy atom. The number of benzene rings is 1. The first-order valence-corrected chi connectivity index (χ1v) is 13.7. The summed E-state index contributed by atoms with van der Waals surface area (Å²) in [5, 5.41) is 7.49. The second-order valence-electron chi connectivity index (χ2n) is 9.00. The number of rotatable bonds is 7. The van der Waals surface area contributed by atoms with E-state index in [9.17, 15) is 22.4 Å².